The molecule has 0 aliphatic carbocycles. The number of hydrogen-bond donors (Lipinski definition) is 2. The number of carbonyl (C=O) groups is 2. The van der Waals surface area contributed by atoms with Crippen molar-refractivity contribution >= 4 is 11.8 Å². The zero-order valence-electron chi connectivity index (χ0n) is 12.6. The average molecular weight is 304 g/mol. The number of amides is 2. The first-order chi connectivity index (χ1) is 10.6. The molecule has 1 spiro atoms. The zero-order valence-corrected chi connectivity index (χ0v) is 12.6. The lowest BCUT2D eigenvalue weighted by atomic mass is 9.86. The van der Waals surface area contributed by atoms with Crippen LogP contribution >= 0.6 is 0 Å². The quantitative estimate of drug-likeness (QED) is 0.609. The second-order valence-corrected chi connectivity index (χ2v) is 6.04. The Labute approximate surface area is 129 Å². The largest absolute Gasteiger partial charge is 0.477 e. The van der Waals surface area contributed by atoms with Crippen molar-refractivity contribution in [2.75, 3.05) is 13.6 Å². The minimum absolute atomic E-state index is 0.0489. The molecule has 3 rings (SSSR count). The average Bonchev–Trinajstić information content (AvgIpc) is 2.68. The monoisotopic (exact) mass is 304 g/mol. The highest BCUT2D eigenvalue weighted by molar-refractivity contribution is 5.94. The van der Waals surface area contributed by atoms with Gasteiger partial charge in [-0.25, -0.2) is 5.48 Å². The van der Waals surface area contributed by atoms with Crippen LogP contribution in [0.25, 0.3) is 0 Å². The maximum absolute atomic E-state index is 12.7. The first kappa shape index (κ1) is 14.8. The van der Waals surface area contributed by atoms with Crippen molar-refractivity contribution in [3.8, 4) is 5.75 Å². The molecule has 1 atom stereocenters. The number of carbonyl (C=O) groups excluding carboxylic acids is 2. The molecule has 0 radical (unpaired) electrons. The molecule has 2 heterocycles. The van der Waals surface area contributed by atoms with Gasteiger partial charge in [-0.2, -0.15) is 0 Å². The lowest BCUT2D eigenvalue weighted by molar-refractivity contribution is -0.147. The van der Waals surface area contributed by atoms with E-state index in [2.05, 4.69) is 0 Å². The van der Waals surface area contributed by atoms with Gasteiger partial charge in [-0.1, -0.05) is 0 Å². The number of benzene rings is 1. The van der Waals surface area contributed by atoms with E-state index in [4.69, 9.17) is 9.94 Å². The van der Waals surface area contributed by atoms with E-state index < -0.39 is 11.5 Å². The zero-order chi connectivity index (χ0) is 15.7. The van der Waals surface area contributed by atoms with Gasteiger partial charge in [-0.05, 0) is 49.4 Å². The molecule has 2 N–H and O–H groups in total. The Morgan fingerprint density at radius 3 is 2.95 bits per heavy atom. The Morgan fingerprint density at radius 1 is 1.36 bits per heavy atom. The number of nitrogens with one attached hydrogen (secondary N) is 1. The van der Waals surface area contributed by atoms with Gasteiger partial charge in [0.25, 0.3) is 11.8 Å². The molecular weight excluding hydrogens is 284 g/mol. The van der Waals surface area contributed by atoms with Crippen LogP contribution in [0.5, 0.6) is 5.75 Å². The van der Waals surface area contributed by atoms with Gasteiger partial charge in [0.2, 0.25) is 0 Å². The highest BCUT2D eigenvalue weighted by Crippen LogP contribution is 2.38. The lowest BCUT2D eigenvalue weighted by Gasteiger charge is -2.38. The van der Waals surface area contributed by atoms with Crippen molar-refractivity contribution in [3.05, 3.63) is 29.3 Å². The summed E-state index contributed by atoms with van der Waals surface area (Å²) < 4.78 is 6.11. The Kier molecular flexibility index (Phi) is 3.78. The molecule has 0 bridgehead atoms. The topological polar surface area (TPSA) is 78.9 Å². The highest BCUT2D eigenvalue weighted by Gasteiger charge is 2.45. The molecule has 2 aliphatic rings. The number of hydroxylamine groups is 1. The summed E-state index contributed by atoms with van der Waals surface area (Å²) in [6.45, 7) is 0.770. The first-order valence-electron chi connectivity index (χ1n) is 7.58. The van der Waals surface area contributed by atoms with Crippen LogP contribution in [0, 0.1) is 0 Å². The predicted octanol–water partition coefficient (Wildman–Crippen LogP) is 1.51. The summed E-state index contributed by atoms with van der Waals surface area (Å²) in [5.41, 5.74) is 2.14. The van der Waals surface area contributed by atoms with Crippen molar-refractivity contribution in [1.29, 1.82) is 0 Å². The van der Waals surface area contributed by atoms with Crippen molar-refractivity contribution in [1.82, 2.24) is 10.4 Å². The van der Waals surface area contributed by atoms with Gasteiger partial charge in [0.05, 0.1) is 0 Å². The fraction of sp³-hybridized carbons (Fsp3) is 0.500. The number of likely N-dealkylation sites (N-methyl/N-ethyl adjacent to an activating group) is 1. The summed E-state index contributed by atoms with van der Waals surface area (Å²) in [7, 11) is 1.82. The molecule has 2 amide bonds. The van der Waals surface area contributed by atoms with E-state index in [1.54, 1.807) is 28.6 Å². The summed E-state index contributed by atoms with van der Waals surface area (Å²) in [5, 5.41) is 8.71. The summed E-state index contributed by atoms with van der Waals surface area (Å²) in [5.74, 6) is 0.158. The second kappa shape index (κ2) is 5.61. The normalized spacial score (nSPS) is 24.5. The van der Waals surface area contributed by atoms with Crippen molar-refractivity contribution in [3.63, 3.8) is 0 Å². The lowest BCUT2D eigenvalue weighted by Crippen LogP contribution is -2.52. The second-order valence-electron chi connectivity index (χ2n) is 6.04. The Morgan fingerprint density at radius 2 is 2.18 bits per heavy atom. The van der Waals surface area contributed by atoms with Crippen LogP contribution in [0.2, 0.25) is 0 Å². The molecule has 1 saturated heterocycles. The number of hydrogen-bond acceptors (Lipinski definition) is 4. The minimum atomic E-state index is -0.765. The smallest absolute Gasteiger partial charge is 0.274 e. The molecule has 1 unspecified atom stereocenters. The number of aryl methyl sites for hydroxylation is 1. The molecule has 6 nitrogen and oxygen atoms in total. The summed E-state index contributed by atoms with van der Waals surface area (Å²) in [6, 6.07) is 5.01. The van der Waals surface area contributed by atoms with Gasteiger partial charge < -0.3 is 9.64 Å². The van der Waals surface area contributed by atoms with Gasteiger partial charge in [-0.15, -0.1) is 0 Å². The minimum Gasteiger partial charge on any atom is -0.477 e. The molecule has 0 aromatic heterocycles. The molecule has 22 heavy (non-hydrogen) atoms. The molecule has 1 fully saturated rings. The van der Waals surface area contributed by atoms with Crippen LogP contribution < -0.4 is 10.2 Å². The third-order valence-corrected chi connectivity index (χ3v) is 4.59. The maximum atomic E-state index is 12.7. The van der Waals surface area contributed by atoms with Crippen LogP contribution in [-0.4, -0.2) is 41.1 Å². The van der Waals surface area contributed by atoms with Crippen LogP contribution in [0.3, 0.4) is 0 Å². The van der Waals surface area contributed by atoms with E-state index in [1.165, 1.54) is 0 Å². The van der Waals surface area contributed by atoms with E-state index in [0.29, 0.717) is 24.2 Å². The molecule has 118 valence electrons. The van der Waals surface area contributed by atoms with E-state index in [1.807, 2.05) is 7.05 Å². The summed E-state index contributed by atoms with van der Waals surface area (Å²) >= 11 is 0. The predicted molar refractivity (Wildman–Crippen MR) is 78.9 cm³/mol. The molecule has 2 aliphatic heterocycles. The molecule has 1 aromatic rings. The summed E-state index contributed by atoms with van der Waals surface area (Å²) in [4.78, 5) is 25.9. The van der Waals surface area contributed by atoms with Crippen molar-refractivity contribution in [2.45, 2.75) is 37.7 Å². The SMILES string of the molecule is CN1CCCCC2(CCc3cc(C(=O)NO)ccc3O2)C1=O. The molecule has 1 aromatic carbocycles. The summed E-state index contributed by atoms with van der Waals surface area (Å²) in [6.07, 6.45) is 4.00. The maximum Gasteiger partial charge on any atom is 0.274 e. The molecule has 0 saturated carbocycles. The van der Waals surface area contributed by atoms with Gasteiger partial charge in [0.15, 0.2) is 5.60 Å². The standard InChI is InChI=1S/C16H20N2O4/c1-18-9-3-2-7-16(15(18)20)8-6-11-10-12(14(19)17-21)4-5-13(11)22-16/h4-5,10,21H,2-3,6-9H2,1H3,(H,17,19). The van der Waals surface area contributed by atoms with Gasteiger partial charge in [0.1, 0.15) is 5.75 Å². The third-order valence-electron chi connectivity index (χ3n) is 4.59. The van der Waals surface area contributed by atoms with Crippen molar-refractivity contribution in [2.24, 2.45) is 0 Å². The van der Waals surface area contributed by atoms with E-state index in [0.717, 1.165) is 31.4 Å². The van der Waals surface area contributed by atoms with E-state index >= 15 is 0 Å². The van der Waals surface area contributed by atoms with E-state index in [-0.39, 0.29) is 5.91 Å². The van der Waals surface area contributed by atoms with Gasteiger partial charge in [-0.3, -0.25) is 14.8 Å². The van der Waals surface area contributed by atoms with E-state index in [9.17, 15) is 9.59 Å². The Bertz CT molecular complexity index is 616. The van der Waals surface area contributed by atoms with Crippen molar-refractivity contribution < 1.29 is 19.5 Å². The Balaban J connectivity index is 1.90. The number of rotatable bonds is 1. The fourth-order valence-electron chi connectivity index (χ4n) is 3.32. The van der Waals surface area contributed by atoms with Crippen LogP contribution in [0.1, 0.15) is 41.6 Å². The number of ether oxygens (including phenoxy) is 1. The molecular formula is C16H20N2O4. The first-order valence-corrected chi connectivity index (χ1v) is 7.58. The number of likely N-dealkylation sites (tertiary alicyclic amines) is 1. The molecule has 6 heteroatoms. The number of fused-ring (bicyclic) bond motifs is 1. The van der Waals surface area contributed by atoms with Gasteiger partial charge >= 0.3 is 0 Å². The Hall–Kier alpha value is -2.08. The van der Waals surface area contributed by atoms with Crippen LogP contribution in [0.4, 0.5) is 0 Å². The number of nitrogens with zero attached hydrogens (tertiary/aromatic N) is 1. The third kappa shape index (κ3) is 2.43. The van der Waals surface area contributed by atoms with Gasteiger partial charge in [0, 0.05) is 25.6 Å². The van der Waals surface area contributed by atoms with Crippen LogP contribution in [-0.2, 0) is 11.2 Å². The van der Waals surface area contributed by atoms with Crippen LogP contribution in [0.15, 0.2) is 18.2 Å². The highest BCUT2D eigenvalue weighted by atomic mass is 16.5. The fourth-order valence-corrected chi connectivity index (χ4v) is 3.32.